The Labute approximate surface area is 150 Å². The highest BCUT2D eigenvalue weighted by Gasteiger charge is 2.27. The summed E-state index contributed by atoms with van der Waals surface area (Å²) in [6.07, 6.45) is 7.44. The Morgan fingerprint density at radius 2 is 2.00 bits per heavy atom. The van der Waals surface area contributed by atoms with Gasteiger partial charge in [0, 0.05) is 32.1 Å². The molecule has 0 aromatic heterocycles. The molecule has 3 N–H and O–H groups in total. The molecule has 25 heavy (non-hydrogen) atoms. The SMILES string of the molecule is NCCC(=O)NCC1CCCCN1C(=O)Cc1ccc2c(c1)CCC2. The number of nitrogens with one attached hydrogen (secondary N) is 1. The molecule has 1 atom stereocenters. The molecule has 5 heteroatoms. The minimum absolute atomic E-state index is 0.0286. The Bertz CT molecular complexity index is 629. The largest absolute Gasteiger partial charge is 0.354 e. The predicted molar refractivity (Wildman–Crippen MR) is 98.2 cm³/mol. The zero-order chi connectivity index (χ0) is 17.6. The van der Waals surface area contributed by atoms with E-state index >= 15 is 0 Å². The summed E-state index contributed by atoms with van der Waals surface area (Å²) < 4.78 is 0. The number of piperidine rings is 1. The molecule has 0 bridgehead atoms. The van der Waals surface area contributed by atoms with Crippen LogP contribution in [-0.2, 0) is 28.9 Å². The standard InChI is InChI=1S/C20H29N3O2/c21-10-9-19(24)22-14-18-6-1-2-11-23(18)20(25)13-15-7-8-16-4-3-5-17(16)12-15/h7-8,12,18H,1-6,9-11,13-14,21H2,(H,22,24). The maximum Gasteiger partial charge on any atom is 0.227 e. The molecule has 1 aromatic rings. The minimum Gasteiger partial charge on any atom is -0.354 e. The van der Waals surface area contributed by atoms with Gasteiger partial charge < -0.3 is 16.0 Å². The van der Waals surface area contributed by atoms with Crippen molar-refractivity contribution in [2.24, 2.45) is 5.73 Å². The van der Waals surface area contributed by atoms with E-state index in [4.69, 9.17) is 5.73 Å². The fraction of sp³-hybridized carbons (Fsp3) is 0.600. The molecule has 1 saturated heterocycles. The van der Waals surface area contributed by atoms with Crippen molar-refractivity contribution in [3.05, 3.63) is 34.9 Å². The lowest BCUT2D eigenvalue weighted by Crippen LogP contribution is -2.50. The first-order valence-electron chi connectivity index (χ1n) is 9.54. The molecular weight excluding hydrogens is 314 g/mol. The molecule has 136 valence electrons. The third kappa shape index (κ3) is 4.60. The first-order valence-corrected chi connectivity index (χ1v) is 9.54. The van der Waals surface area contributed by atoms with Gasteiger partial charge in [0.15, 0.2) is 0 Å². The molecule has 1 aliphatic carbocycles. The lowest BCUT2D eigenvalue weighted by atomic mass is 9.99. The van der Waals surface area contributed by atoms with Gasteiger partial charge in [-0.15, -0.1) is 0 Å². The van der Waals surface area contributed by atoms with Gasteiger partial charge in [-0.3, -0.25) is 9.59 Å². The Hall–Kier alpha value is -1.88. The predicted octanol–water partition coefficient (Wildman–Crippen LogP) is 1.56. The van der Waals surface area contributed by atoms with Crippen molar-refractivity contribution in [1.82, 2.24) is 10.2 Å². The van der Waals surface area contributed by atoms with E-state index in [1.165, 1.54) is 24.0 Å². The third-order valence-corrected chi connectivity index (χ3v) is 5.37. The molecule has 2 aliphatic rings. The van der Waals surface area contributed by atoms with Crippen LogP contribution in [0.15, 0.2) is 18.2 Å². The number of carbonyl (C=O) groups excluding carboxylic acids is 2. The Morgan fingerprint density at radius 3 is 2.84 bits per heavy atom. The van der Waals surface area contributed by atoms with Crippen molar-refractivity contribution >= 4 is 11.8 Å². The molecule has 3 rings (SSSR count). The van der Waals surface area contributed by atoms with Gasteiger partial charge in [0.25, 0.3) is 0 Å². The van der Waals surface area contributed by atoms with Gasteiger partial charge in [0.05, 0.1) is 6.42 Å². The number of fused-ring (bicyclic) bond motifs is 1. The van der Waals surface area contributed by atoms with Gasteiger partial charge in [-0.2, -0.15) is 0 Å². The van der Waals surface area contributed by atoms with Crippen LogP contribution < -0.4 is 11.1 Å². The molecule has 1 unspecified atom stereocenters. The Morgan fingerprint density at radius 1 is 1.16 bits per heavy atom. The van der Waals surface area contributed by atoms with Crippen molar-refractivity contribution in [2.75, 3.05) is 19.6 Å². The van der Waals surface area contributed by atoms with Gasteiger partial charge in [-0.05, 0) is 55.2 Å². The first-order chi connectivity index (χ1) is 12.2. The van der Waals surface area contributed by atoms with Crippen LogP contribution in [0.3, 0.4) is 0 Å². The molecule has 1 heterocycles. The second-order valence-electron chi connectivity index (χ2n) is 7.21. The molecule has 1 aromatic carbocycles. The van der Waals surface area contributed by atoms with E-state index in [0.717, 1.165) is 37.8 Å². The third-order valence-electron chi connectivity index (χ3n) is 5.37. The second kappa shape index (κ2) is 8.48. The lowest BCUT2D eigenvalue weighted by molar-refractivity contribution is -0.134. The van der Waals surface area contributed by atoms with E-state index < -0.39 is 0 Å². The fourth-order valence-corrected chi connectivity index (χ4v) is 4.00. The maximum atomic E-state index is 12.8. The van der Waals surface area contributed by atoms with Crippen LogP contribution >= 0.6 is 0 Å². The number of hydrogen-bond acceptors (Lipinski definition) is 3. The zero-order valence-corrected chi connectivity index (χ0v) is 14.9. The Kier molecular flexibility index (Phi) is 6.08. The highest BCUT2D eigenvalue weighted by Crippen LogP contribution is 2.24. The van der Waals surface area contributed by atoms with Crippen LogP contribution in [0.2, 0.25) is 0 Å². The summed E-state index contributed by atoms with van der Waals surface area (Å²) in [7, 11) is 0. The van der Waals surface area contributed by atoms with Gasteiger partial charge in [-0.1, -0.05) is 18.2 Å². The van der Waals surface area contributed by atoms with E-state index in [9.17, 15) is 9.59 Å². The maximum absolute atomic E-state index is 12.8. The van der Waals surface area contributed by atoms with Crippen molar-refractivity contribution < 1.29 is 9.59 Å². The van der Waals surface area contributed by atoms with Crippen molar-refractivity contribution in [1.29, 1.82) is 0 Å². The number of hydrogen-bond donors (Lipinski definition) is 2. The summed E-state index contributed by atoms with van der Waals surface area (Å²) in [5.41, 5.74) is 9.38. The van der Waals surface area contributed by atoms with Crippen molar-refractivity contribution in [3.63, 3.8) is 0 Å². The topological polar surface area (TPSA) is 75.4 Å². The number of benzene rings is 1. The summed E-state index contributed by atoms with van der Waals surface area (Å²) in [5, 5.41) is 2.92. The number of likely N-dealkylation sites (tertiary alicyclic amines) is 1. The number of aryl methyl sites for hydroxylation is 2. The van der Waals surface area contributed by atoms with Crippen molar-refractivity contribution in [2.45, 2.75) is 57.4 Å². The second-order valence-corrected chi connectivity index (χ2v) is 7.21. The average molecular weight is 343 g/mol. The van der Waals surface area contributed by atoms with Gasteiger partial charge in [-0.25, -0.2) is 0 Å². The molecular formula is C20H29N3O2. The van der Waals surface area contributed by atoms with Gasteiger partial charge >= 0.3 is 0 Å². The smallest absolute Gasteiger partial charge is 0.227 e. The number of nitrogens with two attached hydrogens (primary N) is 1. The summed E-state index contributed by atoms with van der Waals surface area (Å²) in [6.45, 7) is 1.69. The monoisotopic (exact) mass is 343 g/mol. The Balaban J connectivity index is 1.59. The highest BCUT2D eigenvalue weighted by molar-refractivity contribution is 5.80. The minimum atomic E-state index is -0.0286. The summed E-state index contributed by atoms with van der Waals surface area (Å²) in [4.78, 5) is 26.5. The van der Waals surface area contributed by atoms with Gasteiger partial charge in [0.2, 0.25) is 11.8 Å². The quantitative estimate of drug-likeness (QED) is 0.823. The van der Waals surface area contributed by atoms with E-state index in [0.29, 0.717) is 25.9 Å². The molecule has 2 amide bonds. The van der Waals surface area contributed by atoms with Crippen LogP contribution in [0, 0.1) is 0 Å². The number of nitrogens with zero attached hydrogens (tertiary/aromatic N) is 1. The fourth-order valence-electron chi connectivity index (χ4n) is 4.00. The van der Waals surface area contributed by atoms with Crippen LogP contribution in [-0.4, -0.2) is 42.4 Å². The summed E-state index contributed by atoms with van der Waals surface area (Å²) >= 11 is 0. The average Bonchev–Trinajstić information content (AvgIpc) is 3.08. The highest BCUT2D eigenvalue weighted by atomic mass is 16.2. The summed E-state index contributed by atoms with van der Waals surface area (Å²) in [6, 6.07) is 6.61. The molecule has 0 saturated carbocycles. The van der Waals surface area contributed by atoms with E-state index in [1.807, 2.05) is 4.90 Å². The van der Waals surface area contributed by atoms with Crippen molar-refractivity contribution in [3.8, 4) is 0 Å². The summed E-state index contributed by atoms with van der Waals surface area (Å²) in [5.74, 6) is 0.148. The van der Waals surface area contributed by atoms with Gasteiger partial charge in [0.1, 0.15) is 0 Å². The number of amides is 2. The van der Waals surface area contributed by atoms with E-state index in [1.54, 1.807) is 0 Å². The van der Waals surface area contributed by atoms with Crippen LogP contribution in [0.25, 0.3) is 0 Å². The molecule has 1 aliphatic heterocycles. The molecule has 1 fully saturated rings. The van der Waals surface area contributed by atoms with E-state index in [-0.39, 0.29) is 17.9 Å². The van der Waals surface area contributed by atoms with Crippen LogP contribution in [0.4, 0.5) is 0 Å². The van der Waals surface area contributed by atoms with Crippen LogP contribution in [0.1, 0.15) is 48.8 Å². The van der Waals surface area contributed by atoms with E-state index in [2.05, 4.69) is 23.5 Å². The van der Waals surface area contributed by atoms with Crippen LogP contribution in [0.5, 0.6) is 0 Å². The zero-order valence-electron chi connectivity index (χ0n) is 14.9. The number of carbonyl (C=O) groups is 2. The lowest BCUT2D eigenvalue weighted by Gasteiger charge is -2.36. The molecule has 5 nitrogen and oxygen atoms in total. The normalized spacial score (nSPS) is 19.6. The molecule has 0 radical (unpaired) electrons. The number of rotatable bonds is 6. The molecule has 0 spiro atoms. The first kappa shape index (κ1) is 17.9.